The summed E-state index contributed by atoms with van der Waals surface area (Å²) in [5.41, 5.74) is 1.68. The number of hydrogen-bond donors (Lipinski definition) is 1. The highest BCUT2D eigenvalue weighted by molar-refractivity contribution is 7.89. The van der Waals surface area contributed by atoms with Crippen molar-refractivity contribution in [3.8, 4) is 0 Å². The minimum atomic E-state index is -3.67. The summed E-state index contributed by atoms with van der Waals surface area (Å²) >= 11 is 0. The minimum absolute atomic E-state index is 0.0480. The molecular formula is C25H31N5O4S. The van der Waals surface area contributed by atoms with E-state index in [1.54, 1.807) is 50.2 Å². The third-order valence-electron chi connectivity index (χ3n) is 6.34. The Morgan fingerprint density at radius 2 is 1.80 bits per heavy atom. The van der Waals surface area contributed by atoms with Crippen LogP contribution in [0.2, 0.25) is 0 Å². The van der Waals surface area contributed by atoms with Crippen molar-refractivity contribution in [3.63, 3.8) is 0 Å². The van der Waals surface area contributed by atoms with Gasteiger partial charge in [0, 0.05) is 39.1 Å². The van der Waals surface area contributed by atoms with E-state index in [0.29, 0.717) is 29.7 Å². The molecule has 1 aliphatic heterocycles. The molecule has 1 N–H and O–H groups in total. The van der Waals surface area contributed by atoms with Crippen LogP contribution in [0.3, 0.4) is 0 Å². The van der Waals surface area contributed by atoms with Crippen molar-refractivity contribution in [1.82, 2.24) is 13.9 Å². The van der Waals surface area contributed by atoms with Crippen LogP contribution in [0.25, 0.3) is 10.9 Å². The number of fused-ring (bicyclic) bond motifs is 1. The molecule has 10 heteroatoms. The molecule has 186 valence electrons. The molecule has 2 heterocycles. The smallest absolute Gasteiger partial charge is 0.261 e. The topological polar surface area (TPSA) is 105 Å². The van der Waals surface area contributed by atoms with Crippen molar-refractivity contribution >= 4 is 38.2 Å². The van der Waals surface area contributed by atoms with Crippen LogP contribution in [0.1, 0.15) is 33.1 Å². The highest BCUT2D eigenvalue weighted by Gasteiger charge is 2.25. The Morgan fingerprint density at radius 3 is 2.51 bits per heavy atom. The lowest BCUT2D eigenvalue weighted by Crippen LogP contribution is -2.31. The Labute approximate surface area is 205 Å². The molecule has 35 heavy (non-hydrogen) atoms. The largest absolute Gasteiger partial charge is 0.370 e. The van der Waals surface area contributed by atoms with Crippen LogP contribution < -0.4 is 15.8 Å². The first-order valence-corrected chi connectivity index (χ1v) is 13.4. The van der Waals surface area contributed by atoms with E-state index in [1.807, 2.05) is 6.07 Å². The van der Waals surface area contributed by atoms with E-state index in [-0.39, 0.29) is 29.3 Å². The normalized spacial score (nSPS) is 14.1. The Hall–Kier alpha value is -3.24. The summed E-state index contributed by atoms with van der Waals surface area (Å²) in [6.45, 7) is 6.19. The number of carbonyl (C=O) groups is 1. The lowest BCUT2D eigenvalue weighted by atomic mass is 10.2. The average molecular weight is 498 g/mol. The second-order valence-electron chi connectivity index (χ2n) is 8.52. The van der Waals surface area contributed by atoms with E-state index in [9.17, 15) is 18.0 Å². The summed E-state index contributed by atoms with van der Waals surface area (Å²) in [5, 5.41) is 3.40. The molecule has 1 aromatic heterocycles. The quantitative estimate of drug-likeness (QED) is 0.487. The Bertz CT molecular complexity index is 1380. The number of rotatable bonds is 9. The van der Waals surface area contributed by atoms with Crippen molar-refractivity contribution in [2.75, 3.05) is 36.4 Å². The first kappa shape index (κ1) is 24.9. The molecule has 1 saturated heterocycles. The minimum Gasteiger partial charge on any atom is -0.370 e. The van der Waals surface area contributed by atoms with E-state index in [4.69, 9.17) is 0 Å². The van der Waals surface area contributed by atoms with Crippen LogP contribution in [0, 0.1) is 0 Å². The van der Waals surface area contributed by atoms with Crippen LogP contribution in [-0.4, -0.2) is 54.4 Å². The maximum Gasteiger partial charge on any atom is 0.261 e. The van der Waals surface area contributed by atoms with Gasteiger partial charge in [-0.2, -0.15) is 4.31 Å². The van der Waals surface area contributed by atoms with Gasteiger partial charge < -0.3 is 10.2 Å². The van der Waals surface area contributed by atoms with E-state index >= 15 is 0 Å². The fourth-order valence-electron chi connectivity index (χ4n) is 4.42. The average Bonchev–Trinajstić information content (AvgIpc) is 3.39. The second kappa shape index (κ2) is 10.6. The summed E-state index contributed by atoms with van der Waals surface area (Å²) < 4.78 is 29.0. The molecule has 0 saturated carbocycles. The van der Waals surface area contributed by atoms with Gasteiger partial charge in [0.2, 0.25) is 15.9 Å². The predicted molar refractivity (Wildman–Crippen MR) is 137 cm³/mol. The van der Waals surface area contributed by atoms with Crippen LogP contribution in [0.15, 0.2) is 58.5 Å². The Morgan fingerprint density at radius 1 is 1.09 bits per heavy atom. The van der Waals surface area contributed by atoms with E-state index in [1.165, 1.54) is 15.2 Å². The Kier molecular flexibility index (Phi) is 7.51. The fraction of sp³-hybridized carbons (Fsp3) is 0.400. The SMILES string of the molecule is CCN(CC)S(=O)(=O)c1ccc(N2CCCC2)c(NC(=O)CCn2cnc3ccccc3c2=O)c1. The lowest BCUT2D eigenvalue weighted by molar-refractivity contribution is -0.116. The van der Waals surface area contributed by atoms with Gasteiger partial charge in [-0.1, -0.05) is 26.0 Å². The van der Waals surface area contributed by atoms with Crippen LogP contribution in [0.5, 0.6) is 0 Å². The number of carbonyl (C=O) groups excluding carboxylic acids is 1. The van der Waals surface area contributed by atoms with Gasteiger partial charge in [0.1, 0.15) is 0 Å². The van der Waals surface area contributed by atoms with Gasteiger partial charge in [0.05, 0.1) is 33.5 Å². The van der Waals surface area contributed by atoms with Crippen LogP contribution in [0.4, 0.5) is 11.4 Å². The van der Waals surface area contributed by atoms with Gasteiger partial charge >= 0.3 is 0 Å². The molecule has 1 aliphatic rings. The van der Waals surface area contributed by atoms with Gasteiger partial charge in [-0.05, 0) is 43.2 Å². The number of amides is 1. The van der Waals surface area contributed by atoms with Crippen molar-refractivity contribution in [2.45, 2.75) is 44.6 Å². The first-order valence-electron chi connectivity index (χ1n) is 12.0. The number of sulfonamides is 1. The predicted octanol–water partition coefficient (Wildman–Crippen LogP) is 3.06. The number of aryl methyl sites for hydroxylation is 1. The molecule has 2 aromatic carbocycles. The van der Waals surface area contributed by atoms with E-state index in [0.717, 1.165) is 31.6 Å². The standard InChI is InChI=1S/C25H31N5O4S/c1-3-30(4-2)35(33,34)19-11-12-23(28-14-7-8-15-28)22(17-19)27-24(31)13-16-29-18-26-21-10-6-5-9-20(21)25(29)32/h5-6,9-12,17-18H,3-4,7-8,13-16H2,1-2H3,(H,27,31). The summed E-state index contributed by atoms with van der Waals surface area (Å²) in [6, 6.07) is 12.0. The van der Waals surface area contributed by atoms with Crippen LogP contribution >= 0.6 is 0 Å². The molecule has 1 amide bonds. The summed E-state index contributed by atoms with van der Waals surface area (Å²) in [6.07, 6.45) is 3.59. The van der Waals surface area contributed by atoms with E-state index in [2.05, 4.69) is 15.2 Å². The molecule has 0 atom stereocenters. The maximum absolute atomic E-state index is 13.1. The number of anilines is 2. The summed E-state index contributed by atoms with van der Waals surface area (Å²) in [7, 11) is -3.67. The molecule has 0 aliphatic carbocycles. The number of para-hydroxylation sites is 1. The molecule has 0 spiro atoms. The van der Waals surface area contributed by atoms with Gasteiger partial charge in [0.15, 0.2) is 0 Å². The molecule has 0 unspecified atom stereocenters. The number of nitrogens with one attached hydrogen (secondary N) is 1. The van der Waals surface area contributed by atoms with Crippen molar-refractivity contribution in [3.05, 3.63) is 59.1 Å². The van der Waals surface area contributed by atoms with Gasteiger partial charge in [-0.3, -0.25) is 14.2 Å². The zero-order valence-corrected chi connectivity index (χ0v) is 20.9. The number of nitrogens with zero attached hydrogens (tertiary/aromatic N) is 4. The fourth-order valence-corrected chi connectivity index (χ4v) is 5.91. The van der Waals surface area contributed by atoms with E-state index < -0.39 is 10.0 Å². The lowest BCUT2D eigenvalue weighted by Gasteiger charge is -2.24. The number of aromatic nitrogens is 2. The molecular weight excluding hydrogens is 466 g/mol. The first-order chi connectivity index (χ1) is 16.8. The maximum atomic E-state index is 13.1. The zero-order chi connectivity index (χ0) is 25.0. The third-order valence-corrected chi connectivity index (χ3v) is 8.39. The summed E-state index contributed by atoms with van der Waals surface area (Å²) in [4.78, 5) is 32.2. The van der Waals surface area contributed by atoms with Crippen molar-refractivity contribution in [2.24, 2.45) is 0 Å². The molecule has 4 rings (SSSR count). The van der Waals surface area contributed by atoms with Crippen molar-refractivity contribution in [1.29, 1.82) is 0 Å². The highest BCUT2D eigenvalue weighted by atomic mass is 32.2. The second-order valence-corrected chi connectivity index (χ2v) is 10.5. The summed E-state index contributed by atoms with van der Waals surface area (Å²) in [5.74, 6) is -0.303. The molecule has 1 fully saturated rings. The third kappa shape index (κ3) is 5.23. The van der Waals surface area contributed by atoms with Gasteiger partial charge in [-0.15, -0.1) is 0 Å². The van der Waals surface area contributed by atoms with Crippen molar-refractivity contribution < 1.29 is 13.2 Å². The molecule has 9 nitrogen and oxygen atoms in total. The molecule has 0 bridgehead atoms. The monoisotopic (exact) mass is 497 g/mol. The van der Waals surface area contributed by atoms with Gasteiger partial charge in [0.25, 0.3) is 5.56 Å². The number of benzene rings is 2. The molecule has 3 aromatic rings. The number of hydrogen-bond acceptors (Lipinski definition) is 6. The highest BCUT2D eigenvalue weighted by Crippen LogP contribution is 2.32. The zero-order valence-electron chi connectivity index (χ0n) is 20.1. The van der Waals surface area contributed by atoms with Crippen LogP contribution in [-0.2, 0) is 21.4 Å². The Balaban J connectivity index is 1.57. The molecule has 0 radical (unpaired) electrons. The van der Waals surface area contributed by atoms with Gasteiger partial charge in [-0.25, -0.2) is 13.4 Å².